The second kappa shape index (κ2) is 15.2. The minimum absolute atomic E-state index is 0.0662. The van der Waals surface area contributed by atoms with E-state index >= 15 is 0 Å². The summed E-state index contributed by atoms with van der Waals surface area (Å²) < 4.78 is 8.65. The number of benzene rings is 3. The van der Waals surface area contributed by atoms with Gasteiger partial charge in [0.2, 0.25) is 0 Å². The Labute approximate surface area is 282 Å². The van der Waals surface area contributed by atoms with Gasteiger partial charge in [0, 0.05) is 34.8 Å². The van der Waals surface area contributed by atoms with Crippen LogP contribution < -0.4 is 21.3 Å². The Morgan fingerprint density at radius 3 is 2.50 bits per heavy atom. The standard InChI is InChI=1S/C43H39N3O2/c1-4-7-11-20-35(5-2)46(36-21-14-8-9-15-22-36)37-29-25-32(26-30-37)31-40-41(33-27-28-33)45(6-3)43(48-40)44-39-24-17-16-23-38(39)42(47)34-18-12-10-13-19-34/h5,8-14,16-26,29-31H,6,15,27-28H2,1-3H3/b20-11-,35-5+,40-31+,44-43?. The van der Waals surface area contributed by atoms with Crippen molar-refractivity contribution in [3.05, 3.63) is 172 Å². The molecule has 0 saturated heterocycles. The first-order valence-electron chi connectivity index (χ1n) is 16.5. The molecule has 0 aliphatic heterocycles. The summed E-state index contributed by atoms with van der Waals surface area (Å²) in [5.74, 6) is 5.92. The lowest BCUT2D eigenvalue weighted by atomic mass is 10.0. The second-order valence-corrected chi connectivity index (χ2v) is 11.4. The lowest BCUT2D eigenvalue weighted by molar-refractivity contribution is 0.103. The van der Waals surface area contributed by atoms with Crippen molar-refractivity contribution in [1.82, 2.24) is 4.57 Å². The summed E-state index contributed by atoms with van der Waals surface area (Å²) in [4.78, 5) is 20.6. The van der Waals surface area contributed by atoms with Gasteiger partial charge in [-0.05, 0) is 99.7 Å². The van der Waals surface area contributed by atoms with Gasteiger partial charge in [0.05, 0.1) is 11.0 Å². The largest absolute Gasteiger partial charge is 0.423 e. The molecule has 4 aromatic rings. The summed E-state index contributed by atoms with van der Waals surface area (Å²) >= 11 is 0. The van der Waals surface area contributed by atoms with Gasteiger partial charge in [-0.1, -0.05) is 90.9 Å². The van der Waals surface area contributed by atoms with E-state index < -0.39 is 0 Å². The number of para-hydroxylation sites is 1. The van der Waals surface area contributed by atoms with Crippen LogP contribution in [-0.2, 0) is 6.54 Å². The van der Waals surface area contributed by atoms with Crippen LogP contribution in [0.1, 0.15) is 61.5 Å². The molecule has 0 bridgehead atoms. The van der Waals surface area contributed by atoms with Gasteiger partial charge >= 0.3 is 5.68 Å². The summed E-state index contributed by atoms with van der Waals surface area (Å²) in [5, 5.41) is 1.08. The normalized spacial score (nSPS) is 14.9. The fraction of sp³-hybridized carbons (Fsp3) is 0.163. The third-order valence-corrected chi connectivity index (χ3v) is 8.21. The van der Waals surface area contributed by atoms with Crippen molar-refractivity contribution in [2.45, 2.75) is 46.6 Å². The molecule has 0 radical (unpaired) electrons. The van der Waals surface area contributed by atoms with Crippen molar-refractivity contribution in [2.24, 2.45) is 4.99 Å². The molecule has 0 spiro atoms. The molecule has 1 heterocycles. The Balaban J connectivity index is 1.42. The number of anilines is 1. The zero-order valence-corrected chi connectivity index (χ0v) is 27.7. The molecule has 5 nitrogen and oxygen atoms in total. The Hall–Kier alpha value is -5.86. The van der Waals surface area contributed by atoms with Gasteiger partial charge in [-0.15, -0.1) is 5.92 Å². The highest BCUT2D eigenvalue weighted by Crippen LogP contribution is 2.29. The van der Waals surface area contributed by atoms with Gasteiger partial charge < -0.3 is 9.32 Å². The molecular formula is C43H39N3O2. The lowest BCUT2D eigenvalue weighted by Gasteiger charge is -2.27. The zero-order valence-electron chi connectivity index (χ0n) is 27.7. The molecule has 3 aromatic carbocycles. The van der Waals surface area contributed by atoms with Gasteiger partial charge in [0.15, 0.2) is 11.2 Å². The van der Waals surface area contributed by atoms with E-state index in [1.54, 1.807) is 0 Å². The van der Waals surface area contributed by atoms with E-state index in [1.165, 1.54) is 5.57 Å². The number of hydrogen-bond acceptors (Lipinski definition) is 4. The maximum atomic E-state index is 13.4. The van der Waals surface area contributed by atoms with E-state index in [0.29, 0.717) is 29.0 Å². The minimum Gasteiger partial charge on any atom is -0.423 e. The number of allylic oxidation sites excluding steroid dienone is 8. The number of aromatic nitrogens is 1. The number of carbonyl (C=O) groups excluding carboxylic acids is 1. The molecule has 238 valence electrons. The van der Waals surface area contributed by atoms with Crippen molar-refractivity contribution in [2.75, 3.05) is 4.90 Å². The average Bonchev–Trinajstić information content (AvgIpc) is 3.95. The Morgan fingerprint density at radius 2 is 1.77 bits per heavy atom. The molecule has 6 rings (SSSR count). The molecule has 2 aliphatic carbocycles. The number of rotatable bonds is 9. The van der Waals surface area contributed by atoms with Crippen LogP contribution in [0.15, 0.2) is 148 Å². The summed E-state index contributed by atoms with van der Waals surface area (Å²) in [7, 11) is 0. The molecule has 1 saturated carbocycles. The van der Waals surface area contributed by atoms with Crippen LogP contribution in [-0.4, -0.2) is 10.4 Å². The third-order valence-electron chi connectivity index (χ3n) is 8.21. The van der Waals surface area contributed by atoms with Crippen LogP contribution in [0.4, 0.5) is 11.4 Å². The summed E-state index contributed by atoms with van der Waals surface area (Å²) in [6.07, 6.45) is 21.7. The summed E-state index contributed by atoms with van der Waals surface area (Å²) in [6.45, 7) is 6.67. The van der Waals surface area contributed by atoms with Gasteiger partial charge in [-0.3, -0.25) is 9.36 Å². The van der Waals surface area contributed by atoms with Crippen LogP contribution >= 0.6 is 0 Å². The first kappa shape index (κ1) is 32.1. The number of nitrogens with zero attached hydrogens (tertiary/aromatic N) is 3. The van der Waals surface area contributed by atoms with E-state index in [0.717, 1.165) is 52.7 Å². The van der Waals surface area contributed by atoms with Gasteiger partial charge in [-0.25, -0.2) is 0 Å². The first-order valence-corrected chi connectivity index (χ1v) is 16.5. The van der Waals surface area contributed by atoms with E-state index in [-0.39, 0.29) is 5.78 Å². The SMILES string of the molecule is CC#C/C=C\C(=C/C)N(C1=CCC=CC=C1)c1ccc(/C=c2/oc(=Nc3ccccc3C(=O)c3ccccc3)n(CC)c2=C2CC2)cc1. The number of hydrogen-bond donors (Lipinski definition) is 0. The van der Waals surface area contributed by atoms with E-state index in [2.05, 4.69) is 95.0 Å². The number of ketones is 1. The molecular weight excluding hydrogens is 590 g/mol. The molecule has 0 amide bonds. The Bertz CT molecular complexity index is 2220. The lowest BCUT2D eigenvalue weighted by Crippen LogP contribution is -2.32. The third kappa shape index (κ3) is 7.24. The van der Waals surface area contributed by atoms with E-state index in [1.807, 2.05) is 80.6 Å². The van der Waals surface area contributed by atoms with Crippen molar-refractivity contribution >= 4 is 28.8 Å². The van der Waals surface area contributed by atoms with E-state index in [4.69, 9.17) is 9.41 Å². The maximum Gasteiger partial charge on any atom is 0.302 e. The molecule has 2 aliphatic rings. The molecule has 0 N–H and O–H groups in total. The van der Waals surface area contributed by atoms with Crippen LogP contribution in [0, 0.1) is 11.8 Å². The fourth-order valence-electron chi connectivity index (χ4n) is 5.74. The Morgan fingerprint density at radius 1 is 1.00 bits per heavy atom. The topological polar surface area (TPSA) is 50.7 Å². The molecule has 1 aromatic heterocycles. The average molecular weight is 630 g/mol. The highest BCUT2D eigenvalue weighted by atomic mass is 16.3. The van der Waals surface area contributed by atoms with Crippen molar-refractivity contribution < 1.29 is 9.21 Å². The van der Waals surface area contributed by atoms with Crippen LogP contribution in [0.2, 0.25) is 0 Å². The number of carbonyl (C=O) groups is 1. The first-order chi connectivity index (χ1) is 23.6. The fourth-order valence-corrected chi connectivity index (χ4v) is 5.74. The van der Waals surface area contributed by atoms with Gasteiger partial charge in [0.1, 0.15) is 0 Å². The quantitative estimate of drug-likeness (QED) is 0.107. The zero-order chi connectivity index (χ0) is 33.3. The van der Waals surface area contributed by atoms with E-state index in [9.17, 15) is 4.79 Å². The smallest absolute Gasteiger partial charge is 0.302 e. The van der Waals surface area contributed by atoms with Crippen molar-refractivity contribution in [1.29, 1.82) is 0 Å². The second-order valence-electron chi connectivity index (χ2n) is 11.4. The molecule has 5 heteroatoms. The molecule has 1 fully saturated rings. The minimum atomic E-state index is -0.0662. The highest BCUT2D eigenvalue weighted by Gasteiger charge is 2.19. The summed E-state index contributed by atoms with van der Waals surface area (Å²) in [6, 6.07) is 25.3. The summed E-state index contributed by atoms with van der Waals surface area (Å²) in [5.41, 5.74) is 8.56. The van der Waals surface area contributed by atoms with Crippen molar-refractivity contribution in [3.8, 4) is 11.8 Å². The predicted octanol–water partition coefficient (Wildman–Crippen LogP) is 8.03. The maximum absolute atomic E-state index is 13.4. The Kier molecular flexibility index (Phi) is 10.1. The van der Waals surface area contributed by atoms with Crippen molar-refractivity contribution in [3.63, 3.8) is 0 Å². The molecule has 0 atom stereocenters. The van der Waals surface area contributed by atoms with Gasteiger partial charge in [0.25, 0.3) is 0 Å². The van der Waals surface area contributed by atoms with Crippen LogP contribution in [0.5, 0.6) is 0 Å². The van der Waals surface area contributed by atoms with Crippen LogP contribution in [0.25, 0.3) is 11.6 Å². The molecule has 0 unspecified atom stereocenters. The van der Waals surface area contributed by atoms with Crippen LogP contribution in [0.3, 0.4) is 0 Å². The highest BCUT2D eigenvalue weighted by molar-refractivity contribution is 6.11. The predicted molar refractivity (Wildman–Crippen MR) is 196 cm³/mol. The van der Waals surface area contributed by atoms with Gasteiger partial charge in [-0.2, -0.15) is 4.99 Å². The number of oxazole rings is 1. The molecule has 48 heavy (non-hydrogen) atoms. The monoisotopic (exact) mass is 629 g/mol.